The summed E-state index contributed by atoms with van der Waals surface area (Å²) in [5, 5.41) is 10.1. The van der Waals surface area contributed by atoms with Crippen LogP contribution in [0.3, 0.4) is 0 Å². The van der Waals surface area contributed by atoms with Crippen LogP contribution >= 0.6 is 11.3 Å². The molecule has 23 heavy (non-hydrogen) atoms. The fourth-order valence-corrected chi connectivity index (χ4v) is 4.39. The summed E-state index contributed by atoms with van der Waals surface area (Å²) in [6, 6.07) is 6.62. The van der Waals surface area contributed by atoms with Crippen molar-refractivity contribution >= 4 is 32.7 Å². The van der Waals surface area contributed by atoms with Crippen molar-refractivity contribution in [2.24, 2.45) is 0 Å². The second-order valence-electron chi connectivity index (χ2n) is 6.09. The number of likely N-dealkylation sites (N-methyl/N-ethyl adjacent to an activating group) is 1. The van der Waals surface area contributed by atoms with Crippen LogP contribution in [0.4, 0.5) is 5.13 Å². The van der Waals surface area contributed by atoms with Gasteiger partial charge in [0.1, 0.15) is 0 Å². The van der Waals surface area contributed by atoms with E-state index < -0.39 is 5.97 Å². The molecule has 1 saturated heterocycles. The lowest BCUT2D eigenvalue weighted by molar-refractivity contribution is -0.139. The zero-order valence-corrected chi connectivity index (χ0v) is 14.5. The van der Waals surface area contributed by atoms with Gasteiger partial charge in [-0.25, -0.2) is 4.98 Å². The number of fused-ring (bicyclic) bond motifs is 1. The van der Waals surface area contributed by atoms with E-state index >= 15 is 0 Å². The number of rotatable bonds is 5. The standard InChI is InChI=1S/C17H23N3O2S/c1-3-19(11-15(21)22)13-7-9-20(10-8-13)17-18-14-6-4-5-12(2)16(14)23-17/h4-6,13H,3,7-11H2,1-2H3,(H,21,22). The van der Waals surface area contributed by atoms with Gasteiger partial charge >= 0.3 is 5.97 Å². The zero-order chi connectivity index (χ0) is 16.4. The SMILES string of the molecule is CCN(CC(=O)O)C1CCN(c2nc3cccc(C)c3s2)CC1. The van der Waals surface area contributed by atoms with E-state index in [0.29, 0.717) is 6.04 Å². The van der Waals surface area contributed by atoms with Gasteiger partial charge in [-0.15, -0.1) is 0 Å². The number of aryl methyl sites for hydroxylation is 1. The number of carboxylic acid groups (broad SMARTS) is 1. The zero-order valence-electron chi connectivity index (χ0n) is 13.7. The second-order valence-corrected chi connectivity index (χ2v) is 7.07. The quantitative estimate of drug-likeness (QED) is 0.911. The number of carboxylic acids is 1. The van der Waals surface area contributed by atoms with Crippen LogP contribution in [0.15, 0.2) is 18.2 Å². The molecule has 0 unspecified atom stereocenters. The van der Waals surface area contributed by atoms with Crippen molar-refractivity contribution in [2.75, 3.05) is 31.1 Å². The molecule has 1 fully saturated rings. The normalized spacial score (nSPS) is 16.4. The van der Waals surface area contributed by atoms with Gasteiger partial charge in [0.05, 0.1) is 16.8 Å². The van der Waals surface area contributed by atoms with Crippen molar-refractivity contribution in [3.8, 4) is 0 Å². The molecule has 1 aromatic carbocycles. The molecule has 2 heterocycles. The summed E-state index contributed by atoms with van der Waals surface area (Å²) in [6.45, 7) is 6.98. The van der Waals surface area contributed by atoms with E-state index in [1.54, 1.807) is 11.3 Å². The van der Waals surface area contributed by atoms with E-state index in [2.05, 4.69) is 34.9 Å². The van der Waals surface area contributed by atoms with Crippen molar-refractivity contribution in [3.63, 3.8) is 0 Å². The van der Waals surface area contributed by atoms with Crippen LogP contribution in [-0.4, -0.2) is 53.2 Å². The Morgan fingerprint density at radius 1 is 1.43 bits per heavy atom. The third kappa shape index (κ3) is 3.48. The molecule has 1 aromatic heterocycles. The Balaban J connectivity index is 1.68. The Morgan fingerprint density at radius 2 is 2.17 bits per heavy atom. The number of hydrogen-bond donors (Lipinski definition) is 1. The third-order valence-corrected chi connectivity index (χ3v) is 5.86. The summed E-state index contributed by atoms with van der Waals surface area (Å²) in [4.78, 5) is 20.2. The van der Waals surface area contributed by atoms with Gasteiger partial charge in [0, 0.05) is 19.1 Å². The Morgan fingerprint density at radius 3 is 2.78 bits per heavy atom. The molecular weight excluding hydrogens is 310 g/mol. The minimum Gasteiger partial charge on any atom is -0.480 e. The molecule has 0 amide bonds. The maximum absolute atomic E-state index is 11.0. The van der Waals surface area contributed by atoms with Crippen molar-refractivity contribution in [3.05, 3.63) is 23.8 Å². The van der Waals surface area contributed by atoms with E-state index in [9.17, 15) is 4.79 Å². The molecule has 124 valence electrons. The first-order chi connectivity index (χ1) is 11.1. The van der Waals surface area contributed by atoms with Gasteiger partial charge in [-0.1, -0.05) is 30.4 Å². The number of piperidine rings is 1. The van der Waals surface area contributed by atoms with E-state index in [-0.39, 0.29) is 6.54 Å². The highest BCUT2D eigenvalue weighted by molar-refractivity contribution is 7.22. The molecule has 3 rings (SSSR count). The maximum atomic E-state index is 11.0. The first-order valence-corrected chi connectivity index (χ1v) is 8.97. The van der Waals surface area contributed by atoms with E-state index in [4.69, 9.17) is 10.1 Å². The highest BCUT2D eigenvalue weighted by Gasteiger charge is 2.26. The van der Waals surface area contributed by atoms with E-state index in [1.165, 1.54) is 10.3 Å². The smallest absolute Gasteiger partial charge is 0.317 e. The van der Waals surface area contributed by atoms with Crippen LogP contribution in [0.1, 0.15) is 25.3 Å². The molecule has 1 N–H and O–H groups in total. The van der Waals surface area contributed by atoms with Gasteiger partial charge in [0.25, 0.3) is 0 Å². The number of aliphatic carboxylic acids is 1. The summed E-state index contributed by atoms with van der Waals surface area (Å²) >= 11 is 1.76. The molecule has 0 bridgehead atoms. The summed E-state index contributed by atoms with van der Waals surface area (Å²) in [7, 11) is 0. The van der Waals surface area contributed by atoms with Gasteiger partial charge in [0.15, 0.2) is 5.13 Å². The van der Waals surface area contributed by atoms with Gasteiger partial charge in [0.2, 0.25) is 0 Å². The Labute approximate surface area is 140 Å². The van der Waals surface area contributed by atoms with Gasteiger partial charge in [-0.05, 0) is 37.9 Å². The number of carbonyl (C=O) groups is 1. The van der Waals surface area contributed by atoms with Crippen LogP contribution < -0.4 is 4.90 Å². The van der Waals surface area contributed by atoms with Crippen LogP contribution in [0.2, 0.25) is 0 Å². The number of thiazole rings is 1. The topological polar surface area (TPSA) is 56.7 Å². The fraction of sp³-hybridized carbons (Fsp3) is 0.529. The van der Waals surface area contributed by atoms with E-state index in [0.717, 1.165) is 43.1 Å². The van der Waals surface area contributed by atoms with E-state index in [1.807, 2.05) is 6.92 Å². The predicted octanol–water partition coefficient (Wildman–Crippen LogP) is 2.98. The molecule has 0 aliphatic carbocycles. The average Bonchev–Trinajstić information content (AvgIpc) is 2.98. The molecule has 1 aliphatic rings. The van der Waals surface area contributed by atoms with Gasteiger partial charge < -0.3 is 10.0 Å². The fourth-order valence-electron chi connectivity index (χ4n) is 3.31. The number of benzene rings is 1. The summed E-state index contributed by atoms with van der Waals surface area (Å²) < 4.78 is 1.27. The molecule has 0 atom stereocenters. The van der Waals surface area contributed by atoms with Crippen LogP contribution in [0.5, 0.6) is 0 Å². The third-order valence-electron chi connectivity index (χ3n) is 4.60. The lowest BCUT2D eigenvalue weighted by Crippen LogP contribution is -2.46. The van der Waals surface area contributed by atoms with Crippen LogP contribution in [0, 0.1) is 6.92 Å². The monoisotopic (exact) mass is 333 g/mol. The molecule has 2 aromatic rings. The Hall–Kier alpha value is -1.66. The lowest BCUT2D eigenvalue weighted by atomic mass is 10.0. The number of aromatic nitrogens is 1. The number of hydrogen-bond acceptors (Lipinski definition) is 5. The van der Waals surface area contributed by atoms with Crippen molar-refractivity contribution < 1.29 is 9.90 Å². The summed E-state index contributed by atoms with van der Waals surface area (Å²) in [6.07, 6.45) is 1.99. The predicted molar refractivity (Wildman–Crippen MR) is 94.5 cm³/mol. The number of nitrogens with zero attached hydrogens (tertiary/aromatic N) is 3. The molecule has 0 radical (unpaired) electrons. The molecule has 0 saturated carbocycles. The Bertz CT molecular complexity index is 692. The molecule has 5 nitrogen and oxygen atoms in total. The Kier molecular flexibility index (Phi) is 4.82. The lowest BCUT2D eigenvalue weighted by Gasteiger charge is -2.37. The first-order valence-electron chi connectivity index (χ1n) is 8.15. The molecule has 0 spiro atoms. The highest BCUT2D eigenvalue weighted by Crippen LogP contribution is 2.32. The highest BCUT2D eigenvalue weighted by atomic mass is 32.1. The van der Waals surface area contributed by atoms with Crippen molar-refractivity contribution in [1.82, 2.24) is 9.88 Å². The van der Waals surface area contributed by atoms with Crippen molar-refractivity contribution in [1.29, 1.82) is 0 Å². The average molecular weight is 333 g/mol. The minimum absolute atomic E-state index is 0.140. The van der Waals surface area contributed by atoms with Crippen molar-refractivity contribution in [2.45, 2.75) is 32.7 Å². The second kappa shape index (κ2) is 6.84. The molecule has 6 heteroatoms. The maximum Gasteiger partial charge on any atom is 0.317 e. The summed E-state index contributed by atoms with van der Waals surface area (Å²) in [5.74, 6) is -0.740. The first kappa shape index (κ1) is 16.2. The van der Waals surface area contributed by atoms with Crippen LogP contribution in [0.25, 0.3) is 10.2 Å². The summed E-state index contributed by atoms with van der Waals surface area (Å²) in [5.41, 5.74) is 2.35. The van der Waals surface area contributed by atoms with Crippen LogP contribution in [-0.2, 0) is 4.79 Å². The minimum atomic E-state index is -0.740. The largest absolute Gasteiger partial charge is 0.480 e. The number of anilines is 1. The van der Waals surface area contributed by atoms with Gasteiger partial charge in [-0.3, -0.25) is 9.69 Å². The molecule has 1 aliphatic heterocycles. The van der Waals surface area contributed by atoms with Gasteiger partial charge in [-0.2, -0.15) is 0 Å². The molecular formula is C17H23N3O2S.